The maximum atomic E-state index is 7.13. The topological polar surface area (TPSA) is 57.0 Å². The Morgan fingerprint density at radius 3 is 2.21 bits per heavy atom. The summed E-state index contributed by atoms with van der Waals surface area (Å²) in [5.41, 5.74) is 2.15. The number of isothiocyanates is 2. The first-order chi connectivity index (χ1) is 8.79. The fraction of sp³-hybridized carbons (Fsp3) is 0.154. The maximum Gasteiger partial charge on any atom is 3.00 e. The number of allylic oxidation sites excluding steroid dienone is 1. The SMILES string of the molecule is [Ir+3].[N-]=C=S.[N-]=C=S.[c-]1ccccc1C1=CCCC=N1. The van der Waals surface area contributed by atoms with Crippen molar-refractivity contribution in [2.75, 3.05) is 0 Å². The van der Waals surface area contributed by atoms with Gasteiger partial charge in [-0.1, -0.05) is 24.4 Å². The molecule has 0 atom stereocenters. The Balaban J connectivity index is 0. The van der Waals surface area contributed by atoms with Crippen molar-refractivity contribution in [3.05, 3.63) is 52.8 Å². The van der Waals surface area contributed by atoms with Crippen LogP contribution in [0.15, 0.2) is 35.3 Å². The molecule has 0 aliphatic carbocycles. The molecule has 0 saturated carbocycles. The van der Waals surface area contributed by atoms with Crippen LogP contribution in [0.4, 0.5) is 0 Å². The number of benzene rings is 1. The number of hydrogen-bond acceptors (Lipinski definition) is 3. The molecule has 0 unspecified atom stereocenters. The van der Waals surface area contributed by atoms with E-state index in [0.717, 1.165) is 24.1 Å². The minimum absolute atomic E-state index is 0. The molecule has 98 valence electrons. The summed E-state index contributed by atoms with van der Waals surface area (Å²) in [4.78, 5) is 4.30. The molecule has 0 fully saturated rings. The Labute approximate surface area is 137 Å². The van der Waals surface area contributed by atoms with Crippen molar-refractivity contribution in [3.8, 4) is 0 Å². The quantitative estimate of drug-likeness (QED) is 0.358. The van der Waals surface area contributed by atoms with E-state index < -0.39 is 0 Å². The molecule has 0 spiro atoms. The van der Waals surface area contributed by atoms with Crippen molar-refractivity contribution >= 4 is 46.7 Å². The molecule has 6 heteroatoms. The Morgan fingerprint density at radius 1 is 1.16 bits per heavy atom. The standard InChI is InChI=1S/C11H10N.2CNS.Ir/c1-2-6-10(7-3-1)11-8-4-5-9-12-11;2*2-1-3;/h1-3,6,8-9H,4-5H2;;;/q3*-1;+3. The summed E-state index contributed by atoms with van der Waals surface area (Å²) in [5.74, 6) is 0. The van der Waals surface area contributed by atoms with Crippen molar-refractivity contribution in [2.24, 2.45) is 4.99 Å². The van der Waals surface area contributed by atoms with Crippen molar-refractivity contribution in [3.63, 3.8) is 0 Å². The molecule has 1 aromatic carbocycles. The summed E-state index contributed by atoms with van der Waals surface area (Å²) in [6, 6.07) is 11.1. The smallest absolute Gasteiger partial charge is 0.753 e. The number of aliphatic imine (C=N–C) groups is 1. The summed E-state index contributed by atoms with van der Waals surface area (Å²) in [6.07, 6.45) is 6.29. The van der Waals surface area contributed by atoms with Gasteiger partial charge in [0.2, 0.25) is 0 Å². The number of rotatable bonds is 1. The van der Waals surface area contributed by atoms with Crippen LogP contribution < -0.4 is 0 Å². The molecule has 0 aromatic heterocycles. The first-order valence-corrected chi connectivity index (χ1v) is 5.84. The molecule has 3 nitrogen and oxygen atoms in total. The van der Waals surface area contributed by atoms with Crippen LogP contribution in [0, 0.1) is 6.07 Å². The largest absolute Gasteiger partial charge is 3.00 e. The van der Waals surface area contributed by atoms with Gasteiger partial charge in [0.25, 0.3) is 0 Å². The predicted octanol–water partition coefficient (Wildman–Crippen LogP) is 4.01. The zero-order chi connectivity index (χ0) is 13.6. The van der Waals surface area contributed by atoms with Gasteiger partial charge in [-0.15, -0.1) is 42.0 Å². The third kappa shape index (κ3) is 10.5. The van der Waals surface area contributed by atoms with Gasteiger partial charge in [-0.3, -0.25) is 0 Å². The van der Waals surface area contributed by atoms with Gasteiger partial charge in [-0.25, -0.2) is 0 Å². The van der Waals surface area contributed by atoms with Gasteiger partial charge in [0.05, 0.1) is 0 Å². The van der Waals surface area contributed by atoms with Gasteiger partial charge < -0.3 is 15.8 Å². The molecule has 2 rings (SSSR count). The molecule has 0 radical (unpaired) electrons. The molecule has 1 heterocycles. The van der Waals surface area contributed by atoms with Crippen molar-refractivity contribution in [2.45, 2.75) is 12.8 Å². The predicted molar refractivity (Wildman–Crippen MR) is 82.9 cm³/mol. The third-order valence-corrected chi connectivity index (χ3v) is 1.85. The van der Waals surface area contributed by atoms with Crippen LogP contribution in [0.3, 0.4) is 0 Å². The van der Waals surface area contributed by atoms with E-state index in [4.69, 9.17) is 10.8 Å². The molecule has 1 aliphatic rings. The van der Waals surface area contributed by atoms with Crippen LogP contribution in [0.5, 0.6) is 0 Å². The average molecular weight is 465 g/mol. The molecule has 19 heavy (non-hydrogen) atoms. The van der Waals surface area contributed by atoms with Gasteiger partial charge >= 0.3 is 20.1 Å². The van der Waals surface area contributed by atoms with Gasteiger partial charge in [-0.2, -0.15) is 10.3 Å². The molecule has 0 bridgehead atoms. The van der Waals surface area contributed by atoms with Gasteiger partial charge in [0.1, 0.15) is 0 Å². The normalized spacial score (nSPS) is 10.8. The van der Waals surface area contributed by atoms with E-state index in [-0.39, 0.29) is 20.1 Å². The van der Waals surface area contributed by atoms with Crippen LogP contribution in [-0.4, -0.2) is 16.5 Å². The molecule has 1 aliphatic heterocycles. The summed E-state index contributed by atoms with van der Waals surface area (Å²) in [5, 5.41) is 16.9. The zero-order valence-corrected chi connectivity index (χ0v) is 13.9. The fourth-order valence-electron chi connectivity index (χ4n) is 1.24. The first kappa shape index (κ1) is 20.2. The third-order valence-electron chi connectivity index (χ3n) is 1.85. The van der Waals surface area contributed by atoms with Crippen LogP contribution in [0.1, 0.15) is 18.4 Å². The van der Waals surface area contributed by atoms with Gasteiger partial charge in [0, 0.05) is 0 Å². The van der Waals surface area contributed by atoms with Crippen LogP contribution in [-0.2, 0) is 20.1 Å². The Bertz CT molecular complexity index is 460. The van der Waals surface area contributed by atoms with Gasteiger partial charge in [0.15, 0.2) is 0 Å². The van der Waals surface area contributed by atoms with E-state index in [2.05, 4.69) is 41.6 Å². The van der Waals surface area contributed by atoms with Crippen molar-refractivity contribution < 1.29 is 20.1 Å². The van der Waals surface area contributed by atoms with Gasteiger partial charge in [-0.05, 0) is 24.8 Å². The van der Waals surface area contributed by atoms with Crippen LogP contribution in [0.25, 0.3) is 16.5 Å². The molecule has 0 N–H and O–H groups in total. The number of nitrogens with zero attached hydrogens (tertiary/aromatic N) is 3. The average Bonchev–Trinajstić information content (AvgIpc) is 2.43. The minimum Gasteiger partial charge on any atom is -0.753 e. The summed E-state index contributed by atoms with van der Waals surface area (Å²) >= 11 is 7.40. The minimum atomic E-state index is 0. The summed E-state index contributed by atoms with van der Waals surface area (Å²) in [7, 11) is 0. The Morgan fingerprint density at radius 2 is 1.79 bits per heavy atom. The summed E-state index contributed by atoms with van der Waals surface area (Å²) < 4.78 is 0. The number of hydrogen-bond donors (Lipinski definition) is 0. The fourth-order valence-corrected chi connectivity index (χ4v) is 1.24. The monoisotopic (exact) mass is 465 g/mol. The zero-order valence-electron chi connectivity index (χ0n) is 9.87. The van der Waals surface area contributed by atoms with Crippen LogP contribution in [0.2, 0.25) is 0 Å². The first-order valence-electron chi connectivity index (χ1n) is 5.02. The second-order valence-electron chi connectivity index (χ2n) is 2.94. The number of thiocarbonyl (C=S) groups is 2. The molecule has 1 aromatic rings. The van der Waals surface area contributed by atoms with E-state index in [9.17, 15) is 0 Å². The van der Waals surface area contributed by atoms with Crippen molar-refractivity contribution in [1.82, 2.24) is 0 Å². The van der Waals surface area contributed by atoms with E-state index in [0.29, 0.717) is 0 Å². The Hall–Kier alpha value is -1.12. The van der Waals surface area contributed by atoms with E-state index in [1.165, 1.54) is 10.3 Å². The summed E-state index contributed by atoms with van der Waals surface area (Å²) in [6.45, 7) is 0. The van der Waals surface area contributed by atoms with Crippen molar-refractivity contribution in [1.29, 1.82) is 0 Å². The maximum absolute atomic E-state index is 7.13. The van der Waals surface area contributed by atoms with Crippen LogP contribution >= 0.6 is 24.4 Å². The molecule has 0 amide bonds. The van der Waals surface area contributed by atoms with E-state index >= 15 is 0 Å². The van der Waals surface area contributed by atoms with E-state index in [1.807, 2.05) is 30.5 Å². The second-order valence-corrected chi connectivity index (χ2v) is 3.30. The molecular formula is C13H10IrN3S2. The second kappa shape index (κ2) is 14.9. The Kier molecular flexibility index (Phi) is 15.9. The molecular weight excluding hydrogens is 455 g/mol. The molecule has 0 saturated heterocycles. The van der Waals surface area contributed by atoms with E-state index in [1.54, 1.807) is 0 Å².